The predicted molar refractivity (Wildman–Crippen MR) is 49.0 cm³/mol. The molecule has 0 atom stereocenters. The average molecular weight is 145 g/mol. The van der Waals surface area contributed by atoms with Crippen LogP contribution < -0.4 is 5.73 Å². The van der Waals surface area contributed by atoms with Crippen molar-refractivity contribution in [3.8, 4) is 0 Å². The molecule has 0 aliphatic heterocycles. The Hall–Kier alpha value is -0.0400. The van der Waals surface area contributed by atoms with Gasteiger partial charge in [0.2, 0.25) is 0 Å². The summed E-state index contributed by atoms with van der Waals surface area (Å²) in [6.07, 6.45) is 1.31. The predicted octanol–water partition coefficient (Wildman–Crippen LogP) is 2.65. The van der Waals surface area contributed by atoms with Crippen LogP contribution in [0.15, 0.2) is 0 Å². The van der Waals surface area contributed by atoms with Crippen LogP contribution in [0.3, 0.4) is 0 Å². The third kappa shape index (κ3) is 24.6. The van der Waals surface area contributed by atoms with Gasteiger partial charge in [-0.25, -0.2) is 0 Å². The highest BCUT2D eigenvalue weighted by molar-refractivity contribution is 4.38. The van der Waals surface area contributed by atoms with E-state index in [0.29, 0.717) is 5.92 Å². The van der Waals surface area contributed by atoms with Gasteiger partial charge in [-0.1, -0.05) is 41.0 Å². The maximum absolute atomic E-state index is 5.17. The van der Waals surface area contributed by atoms with Crippen LogP contribution in [0.25, 0.3) is 0 Å². The van der Waals surface area contributed by atoms with Gasteiger partial charge in [0.1, 0.15) is 0 Å². The molecule has 0 amide bonds. The van der Waals surface area contributed by atoms with Crippen molar-refractivity contribution < 1.29 is 0 Å². The Morgan fingerprint density at radius 1 is 1.00 bits per heavy atom. The molecule has 0 aliphatic rings. The normalized spacial score (nSPS) is 9.60. The minimum Gasteiger partial charge on any atom is -0.330 e. The Labute approximate surface area is 66.0 Å². The lowest BCUT2D eigenvalue weighted by atomic mass is 10.2. The third-order valence-electron chi connectivity index (χ3n) is 1.29. The van der Waals surface area contributed by atoms with E-state index in [1.54, 1.807) is 0 Å². The number of nitrogens with two attached hydrogens (primary N) is 1. The van der Waals surface area contributed by atoms with Crippen molar-refractivity contribution in [2.24, 2.45) is 17.6 Å². The van der Waals surface area contributed by atoms with Gasteiger partial charge < -0.3 is 5.73 Å². The van der Waals surface area contributed by atoms with E-state index in [-0.39, 0.29) is 0 Å². The van der Waals surface area contributed by atoms with Crippen molar-refractivity contribution in [3.05, 3.63) is 0 Å². The number of hydrogen-bond acceptors (Lipinski definition) is 1. The zero-order valence-electron chi connectivity index (χ0n) is 8.15. The lowest BCUT2D eigenvalue weighted by Gasteiger charge is -1.91. The molecule has 64 valence electrons. The van der Waals surface area contributed by atoms with Crippen LogP contribution in [-0.2, 0) is 0 Å². The van der Waals surface area contributed by atoms with E-state index < -0.39 is 0 Å². The molecule has 0 heterocycles. The van der Waals surface area contributed by atoms with Gasteiger partial charge in [-0.15, -0.1) is 0 Å². The third-order valence-corrected chi connectivity index (χ3v) is 1.29. The van der Waals surface area contributed by atoms with Crippen molar-refractivity contribution in [1.29, 1.82) is 0 Å². The van der Waals surface area contributed by atoms with Crippen molar-refractivity contribution in [1.82, 2.24) is 0 Å². The van der Waals surface area contributed by atoms with Crippen molar-refractivity contribution in [2.75, 3.05) is 6.54 Å². The van der Waals surface area contributed by atoms with Gasteiger partial charge in [0.15, 0.2) is 0 Å². The van der Waals surface area contributed by atoms with Gasteiger partial charge in [0.25, 0.3) is 0 Å². The summed E-state index contributed by atoms with van der Waals surface area (Å²) in [7, 11) is 0. The molecule has 0 aromatic carbocycles. The standard InChI is InChI=1S/C5H12.C4H11N/c1-4-5(2)3;1-4(2)3-5/h5H,4H2,1-3H3;4H,3,5H2,1-2H3. The molecular weight excluding hydrogens is 122 g/mol. The fourth-order valence-corrected chi connectivity index (χ4v) is 0. The summed E-state index contributed by atoms with van der Waals surface area (Å²) in [5.41, 5.74) is 5.17. The SMILES string of the molecule is CC(C)CN.CCC(C)C. The topological polar surface area (TPSA) is 26.0 Å². The maximum atomic E-state index is 5.17. The molecule has 0 aromatic heterocycles. The fraction of sp³-hybridized carbons (Fsp3) is 1.00. The van der Waals surface area contributed by atoms with Crippen LogP contribution in [-0.4, -0.2) is 6.54 Å². The Morgan fingerprint density at radius 3 is 1.20 bits per heavy atom. The first kappa shape index (κ1) is 12.6. The summed E-state index contributed by atoms with van der Waals surface area (Å²) < 4.78 is 0. The molecule has 1 nitrogen and oxygen atoms in total. The smallest absolute Gasteiger partial charge is 0.00541 e. The second kappa shape index (κ2) is 8.96. The summed E-state index contributed by atoms with van der Waals surface area (Å²) in [6.45, 7) is 11.6. The van der Waals surface area contributed by atoms with Gasteiger partial charge in [0, 0.05) is 0 Å². The van der Waals surface area contributed by atoms with Crippen LogP contribution in [0, 0.1) is 11.8 Å². The Bertz CT molecular complexity index is 40.7. The molecule has 0 saturated heterocycles. The van der Waals surface area contributed by atoms with Crippen molar-refractivity contribution in [2.45, 2.75) is 41.0 Å². The van der Waals surface area contributed by atoms with Crippen LogP contribution >= 0.6 is 0 Å². The second-order valence-electron chi connectivity index (χ2n) is 3.43. The van der Waals surface area contributed by atoms with Crippen molar-refractivity contribution >= 4 is 0 Å². The van der Waals surface area contributed by atoms with Crippen molar-refractivity contribution in [3.63, 3.8) is 0 Å². The van der Waals surface area contributed by atoms with Crippen LogP contribution in [0.5, 0.6) is 0 Å². The molecule has 0 aliphatic carbocycles. The summed E-state index contributed by atoms with van der Waals surface area (Å²) in [6, 6.07) is 0. The van der Waals surface area contributed by atoms with Crippen LogP contribution in [0.1, 0.15) is 41.0 Å². The maximum Gasteiger partial charge on any atom is -0.00541 e. The lowest BCUT2D eigenvalue weighted by Crippen LogP contribution is -2.05. The Kier molecular flexibility index (Phi) is 11.3. The molecule has 0 radical (unpaired) electrons. The lowest BCUT2D eigenvalue weighted by molar-refractivity contribution is 0.626. The van der Waals surface area contributed by atoms with E-state index in [4.69, 9.17) is 5.73 Å². The molecule has 1 heteroatoms. The molecule has 0 spiro atoms. The number of rotatable bonds is 2. The molecule has 0 bridgehead atoms. The largest absolute Gasteiger partial charge is 0.330 e. The van der Waals surface area contributed by atoms with Gasteiger partial charge in [-0.2, -0.15) is 0 Å². The van der Waals surface area contributed by atoms with E-state index in [2.05, 4.69) is 34.6 Å². The minimum absolute atomic E-state index is 0.662. The quantitative estimate of drug-likeness (QED) is 0.635. The molecule has 0 saturated carbocycles. The monoisotopic (exact) mass is 145 g/mol. The average Bonchev–Trinajstić information content (AvgIpc) is 1.89. The van der Waals surface area contributed by atoms with Gasteiger partial charge in [-0.05, 0) is 18.4 Å². The van der Waals surface area contributed by atoms with E-state index in [9.17, 15) is 0 Å². The van der Waals surface area contributed by atoms with Gasteiger partial charge in [0.05, 0.1) is 0 Å². The first-order chi connectivity index (χ1) is 4.54. The summed E-state index contributed by atoms with van der Waals surface area (Å²) >= 11 is 0. The summed E-state index contributed by atoms with van der Waals surface area (Å²) in [5, 5.41) is 0. The van der Waals surface area contributed by atoms with Crippen LogP contribution in [0.4, 0.5) is 0 Å². The zero-order chi connectivity index (χ0) is 8.57. The zero-order valence-corrected chi connectivity index (χ0v) is 8.15. The molecule has 2 N–H and O–H groups in total. The first-order valence-electron chi connectivity index (χ1n) is 4.24. The second-order valence-corrected chi connectivity index (χ2v) is 3.43. The fourth-order valence-electron chi connectivity index (χ4n) is 0. The summed E-state index contributed by atoms with van der Waals surface area (Å²) in [5.74, 6) is 1.55. The molecular formula is C9H23N. The number of hydrogen-bond donors (Lipinski definition) is 1. The van der Waals surface area contributed by atoms with E-state index in [1.165, 1.54) is 6.42 Å². The molecule has 0 rings (SSSR count). The molecule has 10 heavy (non-hydrogen) atoms. The highest BCUT2D eigenvalue weighted by atomic mass is 14.5. The summed E-state index contributed by atoms with van der Waals surface area (Å²) in [4.78, 5) is 0. The Balaban J connectivity index is 0. The first-order valence-corrected chi connectivity index (χ1v) is 4.24. The van der Waals surface area contributed by atoms with Gasteiger partial charge >= 0.3 is 0 Å². The van der Waals surface area contributed by atoms with E-state index in [0.717, 1.165) is 12.5 Å². The molecule has 0 unspecified atom stereocenters. The molecule has 0 fully saturated rings. The van der Waals surface area contributed by atoms with E-state index >= 15 is 0 Å². The van der Waals surface area contributed by atoms with Gasteiger partial charge in [-0.3, -0.25) is 0 Å². The minimum atomic E-state index is 0.662. The highest BCUT2D eigenvalue weighted by Crippen LogP contribution is 1.93. The highest BCUT2D eigenvalue weighted by Gasteiger charge is 1.80. The van der Waals surface area contributed by atoms with Crippen LogP contribution in [0.2, 0.25) is 0 Å². The Morgan fingerprint density at radius 2 is 1.20 bits per heavy atom. The molecule has 0 aromatic rings. The van der Waals surface area contributed by atoms with E-state index in [1.807, 2.05) is 0 Å².